The summed E-state index contributed by atoms with van der Waals surface area (Å²) in [6, 6.07) is 31.2. The van der Waals surface area contributed by atoms with Crippen LogP contribution < -0.4 is 0 Å². The van der Waals surface area contributed by atoms with Crippen molar-refractivity contribution in [2.75, 3.05) is 0 Å². The summed E-state index contributed by atoms with van der Waals surface area (Å²) in [5.41, 5.74) is 8.17. The third-order valence-corrected chi connectivity index (χ3v) is 6.77. The molecule has 6 aromatic rings. The molecule has 2 heteroatoms. The quantitative estimate of drug-likeness (QED) is 0.288. The number of aromatic nitrogens is 2. The van der Waals surface area contributed by atoms with E-state index >= 15 is 0 Å². The maximum Gasteiger partial charge on any atom is 0.0527 e. The van der Waals surface area contributed by atoms with Crippen LogP contribution in [-0.4, -0.2) is 9.13 Å². The lowest BCUT2D eigenvalue weighted by atomic mass is 9.98. The highest BCUT2D eigenvalue weighted by Gasteiger charge is 2.16. The van der Waals surface area contributed by atoms with Crippen LogP contribution >= 0.6 is 0 Å². The van der Waals surface area contributed by atoms with Crippen molar-refractivity contribution in [3.8, 4) is 0 Å². The summed E-state index contributed by atoms with van der Waals surface area (Å²) in [6.45, 7) is 6.44. The van der Waals surface area contributed by atoms with Gasteiger partial charge in [0.2, 0.25) is 0 Å². The fraction of sp³-hybridized carbons (Fsp3) is 0.172. The molecule has 0 bridgehead atoms. The Morgan fingerprint density at radius 1 is 0.516 bits per heavy atom. The summed E-state index contributed by atoms with van der Waals surface area (Å²) in [6.07, 6.45) is 0.933. The number of hydrogen-bond acceptors (Lipinski definition) is 0. The smallest absolute Gasteiger partial charge is 0.0527 e. The zero-order chi connectivity index (χ0) is 20.9. The van der Waals surface area contributed by atoms with Crippen LogP contribution in [0.5, 0.6) is 0 Å². The van der Waals surface area contributed by atoms with E-state index in [0.29, 0.717) is 0 Å². The van der Waals surface area contributed by atoms with Gasteiger partial charge in [0.1, 0.15) is 0 Å². The largest absolute Gasteiger partial charge is 0.341 e. The summed E-state index contributed by atoms with van der Waals surface area (Å²) < 4.78 is 4.92. The van der Waals surface area contributed by atoms with Crippen molar-refractivity contribution in [1.29, 1.82) is 0 Å². The van der Waals surface area contributed by atoms with Crippen LogP contribution in [0.3, 0.4) is 0 Å². The average molecular weight is 403 g/mol. The van der Waals surface area contributed by atoms with E-state index in [0.717, 1.165) is 19.5 Å². The van der Waals surface area contributed by atoms with Gasteiger partial charge in [-0.25, -0.2) is 0 Å². The monoisotopic (exact) mass is 402 g/mol. The molecule has 4 aromatic carbocycles. The first-order valence-corrected chi connectivity index (χ1v) is 11.3. The Labute approximate surface area is 182 Å². The molecule has 2 nitrogen and oxygen atoms in total. The molecule has 2 heterocycles. The first kappa shape index (κ1) is 18.3. The molecule has 152 valence electrons. The maximum atomic E-state index is 2.48. The molecule has 0 radical (unpaired) electrons. The van der Waals surface area contributed by atoms with E-state index in [9.17, 15) is 0 Å². The lowest BCUT2D eigenvalue weighted by Crippen LogP contribution is -1.98. The van der Waals surface area contributed by atoms with Gasteiger partial charge in [0, 0.05) is 57.6 Å². The maximum absolute atomic E-state index is 2.48. The molecule has 0 amide bonds. The first-order chi connectivity index (χ1) is 15.3. The molecule has 2 aromatic heterocycles. The molecule has 0 N–H and O–H groups in total. The van der Waals surface area contributed by atoms with Crippen molar-refractivity contribution >= 4 is 43.6 Å². The molecule has 0 aliphatic heterocycles. The van der Waals surface area contributed by atoms with Crippen molar-refractivity contribution in [1.82, 2.24) is 9.13 Å². The molecule has 0 saturated carbocycles. The molecule has 6 rings (SSSR count). The Morgan fingerprint density at radius 2 is 1.10 bits per heavy atom. The van der Waals surface area contributed by atoms with E-state index in [1.54, 1.807) is 0 Å². The SMILES string of the molecule is CCn1c2ccccc2c2c(Cc3cccc4c5ccccc5n(CC)c34)cccc21. The highest BCUT2D eigenvalue weighted by atomic mass is 15.0. The van der Waals surface area contributed by atoms with E-state index in [4.69, 9.17) is 0 Å². The molecule has 0 aliphatic rings. The zero-order valence-corrected chi connectivity index (χ0v) is 18.1. The molecule has 0 fully saturated rings. The standard InChI is InChI=1S/C29H26N2/c1-3-30-26-17-8-6-14-24(26)28-20(11-10-18-27(28)30)19-21-12-9-15-23-22-13-5-7-16-25(22)31(4-2)29(21)23/h5-18H,3-4,19H2,1-2H3. The van der Waals surface area contributed by atoms with Crippen LogP contribution in [0, 0.1) is 0 Å². The van der Waals surface area contributed by atoms with Crippen molar-refractivity contribution < 1.29 is 0 Å². The van der Waals surface area contributed by atoms with Crippen molar-refractivity contribution in [3.05, 3.63) is 96.1 Å². The van der Waals surface area contributed by atoms with E-state index in [-0.39, 0.29) is 0 Å². The zero-order valence-electron chi connectivity index (χ0n) is 18.1. The molecule has 31 heavy (non-hydrogen) atoms. The van der Waals surface area contributed by atoms with E-state index in [1.165, 1.54) is 54.7 Å². The summed E-state index contributed by atoms with van der Waals surface area (Å²) >= 11 is 0. The highest BCUT2D eigenvalue weighted by Crippen LogP contribution is 2.36. The average Bonchev–Trinajstić information content (AvgIpc) is 3.32. The van der Waals surface area contributed by atoms with E-state index in [1.807, 2.05) is 0 Å². The lowest BCUT2D eigenvalue weighted by molar-refractivity contribution is 0.823. The molecular formula is C29H26N2. The lowest BCUT2D eigenvalue weighted by Gasteiger charge is -2.11. The second kappa shape index (κ2) is 7.02. The van der Waals surface area contributed by atoms with Crippen LogP contribution in [0.25, 0.3) is 43.6 Å². The van der Waals surface area contributed by atoms with Crippen LogP contribution in [0.2, 0.25) is 0 Å². The first-order valence-electron chi connectivity index (χ1n) is 11.3. The normalized spacial score (nSPS) is 11.9. The fourth-order valence-electron chi connectivity index (χ4n) is 5.52. The molecule has 0 atom stereocenters. The van der Waals surface area contributed by atoms with Crippen molar-refractivity contribution in [3.63, 3.8) is 0 Å². The number of benzene rings is 4. The van der Waals surface area contributed by atoms with Crippen molar-refractivity contribution in [2.24, 2.45) is 0 Å². The molecule has 0 spiro atoms. The van der Waals surface area contributed by atoms with Crippen LogP contribution in [0.4, 0.5) is 0 Å². The van der Waals surface area contributed by atoms with Gasteiger partial charge < -0.3 is 9.13 Å². The van der Waals surface area contributed by atoms with Gasteiger partial charge in [-0.1, -0.05) is 66.7 Å². The topological polar surface area (TPSA) is 9.86 Å². The third kappa shape index (κ3) is 2.58. The Kier molecular flexibility index (Phi) is 4.14. The third-order valence-electron chi connectivity index (χ3n) is 6.77. The van der Waals surface area contributed by atoms with Gasteiger partial charge in [0.25, 0.3) is 0 Å². The van der Waals surface area contributed by atoms with Gasteiger partial charge >= 0.3 is 0 Å². The number of fused-ring (bicyclic) bond motifs is 6. The van der Waals surface area contributed by atoms with E-state index in [2.05, 4.69) is 108 Å². The minimum atomic E-state index is 0.933. The molecular weight excluding hydrogens is 376 g/mol. The van der Waals surface area contributed by atoms with Gasteiger partial charge in [0.15, 0.2) is 0 Å². The number of para-hydroxylation sites is 3. The Hall–Kier alpha value is -3.52. The number of hydrogen-bond donors (Lipinski definition) is 0. The predicted molar refractivity (Wildman–Crippen MR) is 133 cm³/mol. The van der Waals surface area contributed by atoms with E-state index < -0.39 is 0 Å². The Morgan fingerprint density at radius 3 is 1.87 bits per heavy atom. The molecule has 0 aliphatic carbocycles. The fourth-order valence-corrected chi connectivity index (χ4v) is 5.52. The summed E-state index contributed by atoms with van der Waals surface area (Å²) in [7, 11) is 0. The second-order valence-electron chi connectivity index (χ2n) is 8.32. The number of aryl methyl sites for hydroxylation is 2. The second-order valence-corrected chi connectivity index (χ2v) is 8.32. The minimum absolute atomic E-state index is 0.933. The van der Waals surface area contributed by atoms with Crippen LogP contribution in [-0.2, 0) is 19.5 Å². The van der Waals surface area contributed by atoms with Gasteiger partial charge in [-0.05, 0) is 43.2 Å². The van der Waals surface area contributed by atoms with Gasteiger partial charge in [-0.15, -0.1) is 0 Å². The van der Waals surface area contributed by atoms with Crippen LogP contribution in [0.1, 0.15) is 25.0 Å². The molecule has 0 saturated heterocycles. The minimum Gasteiger partial charge on any atom is -0.341 e. The van der Waals surface area contributed by atoms with Crippen LogP contribution in [0.15, 0.2) is 84.9 Å². The van der Waals surface area contributed by atoms with Gasteiger partial charge in [0.05, 0.1) is 5.52 Å². The van der Waals surface area contributed by atoms with Gasteiger partial charge in [-0.3, -0.25) is 0 Å². The highest BCUT2D eigenvalue weighted by molar-refractivity contribution is 6.11. The summed E-state index contributed by atoms with van der Waals surface area (Å²) in [4.78, 5) is 0. The molecule has 0 unspecified atom stereocenters. The number of nitrogens with zero attached hydrogens (tertiary/aromatic N) is 2. The predicted octanol–water partition coefficient (Wildman–Crippen LogP) is 7.53. The summed E-state index contributed by atoms with van der Waals surface area (Å²) in [5.74, 6) is 0. The summed E-state index contributed by atoms with van der Waals surface area (Å²) in [5, 5.41) is 5.47. The van der Waals surface area contributed by atoms with Crippen molar-refractivity contribution in [2.45, 2.75) is 33.4 Å². The number of rotatable bonds is 4. The Balaban J connectivity index is 1.64. The van der Waals surface area contributed by atoms with Gasteiger partial charge in [-0.2, -0.15) is 0 Å². The Bertz CT molecular complexity index is 1580.